The molecule has 8 nitrogen and oxygen atoms in total. The predicted octanol–water partition coefficient (Wildman–Crippen LogP) is 3.12. The molecular weight excluding hydrogens is 547 g/mol. The highest BCUT2D eigenvalue weighted by atomic mass is 127. The Hall–Kier alpha value is -1.44. The first-order chi connectivity index (χ1) is 14.9. The van der Waals surface area contributed by atoms with Gasteiger partial charge in [-0.2, -0.15) is 0 Å². The van der Waals surface area contributed by atoms with Gasteiger partial charge in [-0.05, 0) is 84.4 Å². The van der Waals surface area contributed by atoms with Gasteiger partial charge >= 0.3 is 0 Å². The summed E-state index contributed by atoms with van der Waals surface area (Å²) in [7, 11) is -3.17. The monoisotopic (exact) mass is 570 g/mol. The van der Waals surface area contributed by atoms with Crippen LogP contribution in [0, 0.1) is 3.57 Å². The average Bonchev–Trinajstić information content (AvgIpc) is 3.42. The summed E-state index contributed by atoms with van der Waals surface area (Å²) in [4.78, 5) is 14.4. The second kappa shape index (κ2) is 8.49. The van der Waals surface area contributed by atoms with E-state index in [-0.39, 0.29) is 5.25 Å². The first-order valence-electron chi connectivity index (χ1n) is 10.4. The molecule has 2 heterocycles. The molecule has 0 spiro atoms. The number of sulfonamides is 1. The lowest BCUT2D eigenvalue weighted by molar-refractivity contribution is 0.562. The van der Waals surface area contributed by atoms with Crippen molar-refractivity contribution in [2.75, 3.05) is 12.3 Å². The zero-order chi connectivity index (χ0) is 21.6. The van der Waals surface area contributed by atoms with Crippen molar-refractivity contribution in [1.82, 2.24) is 24.2 Å². The predicted molar refractivity (Wildman–Crippen MR) is 130 cm³/mol. The maximum absolute atomic E-state index is 12.1. The molecule has 0 unspecified atom stereocenters. The van der Waals surface area contributed by atoms with E-state index in [9.17, 15) is 8.42 Å². The van der Waals surface area contributed by atoms with Crippen molar-refractivity contribution in [2.45, 2.75) is 60.4 Å². The molecule has 5 rings (SSSR count). The number of hydrogen-bond acceptors (Lipinski definition) is 7. The standard InChI is InChI=1S/C20H23IN6O2S2/c21-15-9-12-3-1-4-13(12)10-16(15)30-20-26-17-18(22)23-11-24-19(17)27(20)8-2-7-25-31(28,29)14-5-6-14/h9-11,14,25H,1-8H2,(H2,22,23,24). The molecule has 2 aliphatic carbocycles. The summed E-state index contributed by atoms with van der Waals surface area (Å²) in [6.07, 6.45) is 7.08. The molecule has 0 amide bonds. The van der Waals surface area contributed by atoms with Gasteiger partial charge in [-0.25, -0.2) is 28.1 Å². The van der Waals surface area contributed by atoms with Gasteiger partial charge in [0, 0.05) is 21.6 Å². The Balaban J connectivity index is 1.40. The lowest BCUT2D eigenvalue weighted by atomic mass is 10.1. The van der Waals surface area contributed by atoms with E-state index in [1.165, 1.54) is 32.3 Å². The highest BCUT2D eigenvalue weighted by Crippen LogP contribution is 2.37. The van der Waals surface area contributed by atoms with Crippen molar-refractivity contribution in [1.29, 1.82) is 0 Å². The molecule has 31 heavy (non-hydrogen) atoms. The maximum atomic E-state index is 12.1. The number of nitrogens with zero attached hydrogens (tertiary/aromatic N) is 4. The van der Waals surface area contributed by atoms with Crippen LogP contribution in [0.3, 0.4) is 0 Å². The normalized spacial score (nSPS) is 16.2. The number of aryl methyl sites for hydroxylation is 3. The van der Waals surface area contributed by atoms with Crippen LogP contribution in [0.5, 0.6) is 0 Å². The van der Waals surface area contributed by atoms with E-state index in [0.717, 1.165) is 30.8 Å². The number of benzene rings is 1. The summed E-state index contributed by atoms with van der Waals surface area (Å²) in [5.41, 5.74) is 10.2. The molecule has 11 heteroatoms. The van der Waals surface area contributed by atoms with Gasteiger partial charge in [-0.15, -0.1) is 0 Å². The third-order valence-electron chi connectivity index (χ3n) is 5.70. The number of imidazole rings is 1. The van der Waals surface area contributed by atoms with Gasteiger partial charge in [0.15, 0.2) is 22.1 Å². The summed E-state index contributed by atoms with van der Waals surface area (Å²) >= 11 is 3.99. The van der Waals surface area contributed by atoms with Crippen LogP contribution in [0.1, 0.15) is 36.8 Å². The van der Waals surface area contributed by atoms with Crippen LogP contribution in [0.15, 0.2) is 28.5 Å². The van der Waals surface area contributed by atoms with Crippen molar-refractivity contribution in [3.05, 3.63) is 33.2 Å². The molecule has 1 fully saturated rings. The number of aromatic nitrogens is 4. The Bertz CT molecular complexity index is 1260. The van der Waals surface area contributed by atoms with Crippen LogP contribution in [0.4, 0.5) is 5.82 Å². The fourth-order valence-electron chi connectivity index (χ4n) is 3.91. The van der Waals surface area contributed by atoms with E-state index >= 15 is 0 Å². The third-order valence-corrected chi connectivity index (χ3v) is 9.96. The molecule has 2 aromatic heterocycles. The van der Waals surface area contributed by atoms with Crippen molar-refractivity contribution < 1.29 is 8.42 Å². The van der Waals surface area contributed by atoms with Crippen LogP contribution in [-0.2, 0) is 29.4 Å². The molecule has 1 saturated carbocycles. The highest BCUT2D eigenvalue weighted by molar-refractivity contribution is 14.1. The zero-order valence-electron chi connectivity index (χ0n) is 16.8. The van der Waals surface area contributed by atoms with E-state index in [2.05, 4.69) is 49.4 Å². The van der Waals surface area contributed by atoms with Gasteiger partial charge in [0.05, 0.1) is 5.25 Å². The Kier molecular flexibility index (Phi) is 5.86. The number of hydrogen-bond donors (Lipinski definition) is 2. The molecule has 2 aliphatic rings. The van der Waals surface area contributed by atoms with Gasteiger partial charge in [0.2, 0.25) is 10.0 Å². The van der Waals surface area contributed by atoms with Crippen LogP contribution in [-0.4, -0.2) is 39.7 Å². The molecule has 3 aromatic rings. The Morgan fingerprint density at radius 3 is 2.77 bits per heavy atom. The smallest absolute Gasteiger partial charge is 0.214 e. The zero-order valence-corrected chi connectivity index (χ0v) is 20.6. The summed E-state index contributed by atoms with van der Waals surface area (Å²) < 4.78 is 30.1. The van der Waals surface area contributed by atoms with Crippen molar-refractivity contribution >= 4 is 61.4 Å². The molecule has 0 radical (unpaired) electrons. The van der Waals surface area contributed by atoms with Gasteiger partial charge in [0.1, 0.15) is 6.33 Å². The summed E-state index contributed by atoms with van der Waals surface area (Å²) in [5, 5.41) is 0.588. The topological polar surface area (TPSA) is 116 Å². The minimum atomic E-state index is -3.17. The van der Waals surface area contributed by atoms with E-state index in [4.69, 9.17) is 10.7 Å². The van der Waals surface area contributed by atoms with Gasteiger partial charge in [-0.3, -0.25) is 0 Å². The molecule has 1 aromatic carbocycles. The minimum absolute atomic E-state index is 0.206. The van der Waals surface area contributed by atoms with Crippen LogP contribution in [0.25, 0.3) is 11.2 Å². The van der Waals surface area contributed by atoms with Gasteiger partial charge < -0.3 is 10.3 Å². The lowest BCUT2D eigenvalue weighted by Crippen LogP contribution is -2.28. The summed E-state index contributed by atoms with van der Waals surface area (Å²) in [6, 6.07) is 4.55. The molecule has 0 aliphatic heterocycles. The van der Waals surface area contributed by atoms with E-state index in [1.807, 2.05) is 4.57 Å². The molecule has 0 atom stereocenters. The summed E-state index contributed by atoms with van der Waals surface area (Å²) in [6.45, 7) is 0.976. The number of nitrogen functional groups attached to an aromatic ring is 1. The largest absolute Gasteiger partial charge is 0.382 e. The average molecular weight is 570 g/mol. The Morgan fingerprint density at radius 2 is 2.00 bits per heavy atom. The molecule has 0 bridgehead atoms. The quantitative estimate of drug-likeness (QED) is 0.316. The number of rotatable bonds is 8. The Morgan fingerprint density at radius 1 is 1.23 bits per heavy atom. The molecule has 164 valence electrons. The second-order valence-electron chi connectivity index (χ2n) is 7.98. The molecule has 0 saturated heterocycles. The highest BCUT2D eigenvalue weighted by Gasteiger charge is 2.35. The van der Waals surface area contributed by atoms with Gasteiger partial charge in [-0.1, -0.05) is 11.8 Å². The third kappa shape index (κ3) is 4.41. The van der Waals surface area contributed by atoms with Crippen LogP contribution >= 0.6 is 34.4 Å². The molecule has 3 N–H and O–H groups in total. The second-order valence-corrected chi connectivity index (χ2v) is 12.2. The lowest BCUT2D eigenvalue weighted by Gasteiger charge is -2.11. The number of anilines is 1. The van der Waals surface area contributed by atoms with E-state index < -0.39 is 10.0 Å². The maximum Gasteiger partial charge on any atom is 0.214 e. The fraction of sp³-hybridized carbons (Fsp3) is 0.450. The van der Waals surface area contributed by atoms with Crippen molar-refractivity contribution in [3.63, 3.8) is 0 Å². The minimum Gasteiger partial charge on any atom is -0.382 e. The first-order valence-corrected chi connectivity index (χ1v) is 13.8. The van der Waals surface area contributed by atoms with E-state index in [1.54, 1.807) is 11.8 Å². The first kappa shape index (κ1) is 21.4. The van der Waals surface area contributed by atoms with Gasteiger partial charge in [0.25, 0.3) is 0 Å². The fourth-order valence-corrected chi connectivity index (χ4v) is 7.17. The number of halogens is 1. The summed E-state index contributed by atoms with van der Waals surface area (Å²) in [5.74, 6) is 0.351. The Labute approximate surface area is 199 Å². The molecular formula is C20H23IN6O2S2. The number of nitrogens with one attached hydrogen (secondary N) is 1. The van der Waals surface area contributed by atoms with Crippen molar-refractivity contribution in [2.24, 2.45) is 0 Å². The van der Waals surface area contributed by atoms with Crippen LogP contribution in [0.2, 0.25) is 0 Å². The van der Waals surface area contributed by atoms with Crippen molar-refractivity contribution in [3.8, 4) is 0 Å². The van der Waals surface area contributed by atoms with Crippen LogP contribution < -0.4 is 10.5 Å². The number of fused-ring (bicyclic) bond motifs is 2. The van der Waals surface area contributed by atoms with E-state index in [0.29, 0.717) is 36.5 Å². The SMILES string of the molecule is Nc1ncnc2c1nc(Sc1cc3c(cc1I)CCC3)n2CCCNS(=O)(=O)C1CC1. The number of nitrogens with two attached hydrogens (primary N) is 1.